The molecule has 2 aliphatic rings. The normalized spacial score (nSPS) is 14.2. The molecule has 0 radical (unpaired) electrons. The largest absolute Gasteiger partial charge is 0.378 e. The van der Waals surface area contributed by atoms with Gasteiger partial charge in [-0.15, -0.1) is 0 Å². The molecule has 2 aromatic carbocycles. The van der Waals surface area contributed by atoms with E-state index >= 15 is 0 Å². The topological polar surface area (TPSA) is 227 Å². The molecule has 2 saturated heterocycles. The van der Waals surface area contributed by atoms with Gasteiger partial charge in [0.25, 0.3) is 0 Å². The summed E-state index contributed by atoms with van der Waals surface area (Å²) < 4.78 is 13.0. The standard InChI is InChI=1S/C28H38N10O2.C24H32N10/c1-21(2)23-19-33-38-26(23)34-27(30-12-17-40-16-11-29-25(39)20-36-13-5-6-14-36)35-28(38)31-18-22-8-3-4-9-24(22)37-15-7-10-32-37;1-18(2)20-17-29-34-22(20)30-23(26-11-15-32-13-9-25-10-14-32)31-24(34)27-16-19-6-3-4-7-21(19)33-12-5-8-28-33/h3-4,7-10,15,19,21H,5-6,11-14,16-18,20H2,1-2H3,(H,29,39)(H2,30,31,34,35);3-8,12,17-18,25H,9-11,13-16H2,1-2H3,(H2,26,27,30,31). The molecule has 1 amide bonds. The molecule has 390 valence electrons. The van der Waals surface area contributed by atoms with Gasteiger partial charge in [-0.3, -0.25) is 14.6 Å². The SMILES string of the molecule is CC(C)c1cnn2c(NCc3ccccc3-n3cccn3)nc(NCCN3CCNCC3)nc12.CC(C)c1cnn2c(NCc3ccccc3-n3cccn3)nc(NCCOCCNC(=O)CN3CCCC3)nc12. The first-order valence-corrected chi connectivity index (χ1v) is 25.9. The van der Waals surface area contributed by atoms with Crippen LogP contribution < -0.4 is 31.9 Å². The van der Waals surface area contributed by atoms with Gasteiger partial charge in [0.2, 0.25) is 29.7 Å². The third kappa shape index (κ3) is 13.4. The fourth-order valence-electron chi connectivity index (χ4n) is 8.99. The van der Waals surface area contributed by atoms with Crippen LogP contribution in [0.3, 0.4) is 0 Å². The van der Waals surface area contributed by atoms with Gasteiger partial charge in [0.1, 0.15) is 0 Å². The summed E-state index contributed by atoms with van der Waals surface area (Å²) in [5.41, 5.74) is 7.96. The van der Waals surface area contributed by atoms with E-state index in [4.69, 9.17) is 24.7 Å². The number of hydrogen-bond donors (Lipinski definition) is 6. The third-order valence-electron chi connectivity index (χ3n) is 13.0. The molecule has 0 unspecified atom stereocenters. The highest BCUT2D eigenvalue weighted by atomic mass is 16.5. The molecule has 2 aliphatic heterocycles. The van der Waals surface area contributed by atoms with Crippen molar-refractivity contribution in [2.24, 2.45) is 0 Å². The van der Waals surface area contributed by atoms with Crippen molar-refractivity contribution in [3.05, 3.63) is 120 Å². The van der Waals surface area contributed by atoms with Gasteiger partial charge in [-0.05, 0) is 73.2 Å². The zero-order valence-electron chi connectivity index (χ0n) is 43.0. The fraction of sp³-hybridized carbons (Fsp3) is 0.442. The summed E-state index contributed by atoms with van der Waals surface area (Å²) >= 11 is 0. The van der Waals surface area contributed by atoms with Gasteiger partial charge in [0, 0.05) is 101 Å². The number of nitrogens with zero attached hydrogens (tertiary/aromatic N) is 14. The zero-order valence-corrected chi connectivity index (χ0v) is 43.0. The van der Waals surface area contributed by atoms with Gasteiger partial charge in [0.15, 0.2) is 11.3 Å². The van der Waals surface area contributed by atoms with Crippen LogP contribution in [0, 0.1) is 0 Å². The molecule has 22 heteroatoms. The number of para-hydroxylation sites is 2. The van der Waals surface area contributed by atoms with Crippen LogP contribution in [0.25, 0.3) is 22.7 Å². The molecule has 0 saturated carbocycles. The summed E-state index contributed by atoms with van der Waals surface area (Å²) in [6.45, 7) is 20.1. The number of likely N-dealkylation sites (tertiary alicyclic amines) is 1. The van der Waals surface area contributed by atoms with Gasteiger partial charge >= 0.3 is 0 Å². The smallest absolute Gasteiger partial charge is 0.234 e. The molecule has 8 heterocycles. The Balaban J connectivity index is 0.000000184. The van der Waals surface area contributed by atoms with Gasteiger partial charge < -0.3 is 36.6 Å². The summed E-state index contributed by atoms with van der Waals surface area (Å²) in [4.78, 5) is 35.7. The van der Waals surface area contributed by atoms with Crippen LogP contribution in [-0.4, -0.2) is 160 Å². The number of hydrogen-bond acceptors (Lipinski definition) is 17. The van der Waals surface area contributed by atoms with E-state index < -0.39 is 0 Å². The van der Waals surface area contributed by atoms with E-state index in [1.165, 1.54) is 12.8 Å². The molecule has 0 aliphatic carbocycles. The van der Waals surface area contributed by atoms with Crippen molar-refractivity contribution in [2.75, 3.05) is 106 Å². The van der Waals surface area contributed by atoms with Crippen molar-refractivity contribution in [3.8, 4) is 11.4 Å². The number of benzene rings is 2. The minimum Gasteiger partial charge on any atom is -0.378 e. The second-order valence-electron chi connectivity index (χ2n) is 19.0. The van der Waals surface area contributed by atoms with E-state index in [0.717, 1.165) is 97.3 Å². The predicted molar refractivity (Wildman–Crippen MR) is 287 cm³/mol. The van der Waals surface area contributed by atoms with Crippen molar-refractivity contribution in [2.45, 2.75) is 65.5 Å². The molecule has 2 fully saturated rings. The summed E-state index contributed by atoms with van der Waals surface area (Å²) in [6.07, 6.45) is 13.5. The van der Waals surface area contributed by atoms with E-state index in [9.17, 15) is 4.79 Å². The highest BCUT2D eigenvalue weighted by Gasteiger charge is 2.19. The van der Waals surface area contributed by atoms with Crippen molar-refractivity contribution in [3.63, 3.8) is 0 Å². The zero-order chi connectivity index (χ0) is 51.1. The number of nitrogens with one attached hydrogen (secondary N) is 6. The Morgan fingerprint density at radius 3 is 1.66 bits per heavy atom. The van der Waals surface area contributed by atoms with Gasteiger partial charge in [-0.2, -0.15) is 49.4 Å². The molecule has 74 heavy (non-hydrogen) atoms. The number of amides is 1. The van der Waals surface area contributed by atoms with Crippen molar-refractivity contribution in [1.29, 1.82) is 0 Å². The fourth-order valence-corrected chi connectivity index (χ4v) is 8.99. The van der Waals surface area contributed by atoms with E-state index in [1.54, 1.807) is 21.4 Å². The second kappa shape index (κ2) is 25.4. The lowest BCUT2D eigenvalue weighted by molar-refractivity contribution is -0.122. The lowest BCUT2D eigenvalue weighted by atomic mass is 10.1. The Morgan fingerprint density at radius 1 is 0.608 bits per heavy atom. The minimum absolute atomic E-state index is 0.0550. The Morgan fingerprint density at radius 2 is 1.14 bits per heavy atom. The summed E-state index contributed by atoms with van der Waals surface area (Å²) in [5, 5.41) is 37.9. The number of ether oxygens (including phenoxy) is 1. The van der Waals surface area contributed by atoms with Gasteiger partial charge in [0.05, 0.1) is 43.5 Å². The molecule has 10 rings (SSSR count). The van der Waals surface area contributed by atoms with E-state index in [1.807, 2.05) is 76.6 Å². The van der Waals surface area contributed by atoms with Gasteiger partial charge in [-0.1, -0.05) is 64.1 Å². The summed E-state index contributed by atoms with van der Waals surface area (Å²) in [6, 6.07) is 20.2. The second-order valence-corrected chi connectivity index (χ2v) is 19.0. The van der Waals surface area contributed by atoms with Crippen LogP contribution in [-0.2, 0) is 22.6 Å². The molecule has 0 spiro atoms. The molecular formula is C52H70N20O2. The average Bonchev–Trinajstić information content (AvgIpc) is 4.29. The Labute approximate surface area is 431 Å². The molecule has 0 atom stereocenters. The molecular weight excluding hydrogens is 937 g/mol. The van der Waals surface area contributed by atoms with E-state index in [0.29, 0.717) is 75.6 Å². The average molecular weight is 1010 g/mol. The van der Waals surface area contributed by atoms with Crippen LogP contribution in [0.2, 0.25) is 0 Å². The van der Waals surface area contributed by atoms with Crippen LogP contribution in [0.4, 0.5) is 23.8 Å². The Kier molecular flexibility index (Phi) is 17.6. The molecule has 6 aromatic heterocycles. The first-order valence-electron chi connectivity index (χ1n) is 25.9. The van der Waals surface area contributed by atoms with Crippen LogP contribution in [0.1, 0.15) is 74.6 Å². The van der Waals surface area contributed by atoms with E-state index in [-0.39, 0.29) is 11.8 Å². The number of carbonyl (C=O) groups excluding carboxylic acids is 1. The highest BCUT2D eigenvalue weighted by Crippen LogP contribution is 2.25. The predicted octanol–water partition coefficient (Wildman–Crippen LogP) is 5.05. The third-order valence-corrected chi connectivity index (χ3v) is 13.0. The van der Waals surface area contributed by atoms with Gasteiger partial charge in [-0.25, -0.2) is 9.36 Å². The summed E-state index contributed by atoms with van der Waals surface area (Å²) in [5.74, 6) is 3.01. The quantitative estimate of drug-likeness (QED) is 0.0461. The number of fused-ring (bicyclic) bond motifs is 2. The minimum atomic E-state index is 0.0550. The van der Waals surface area contributed by atoms with E-state index in [2.05, 4.69) is 108 Å². The number of rotatable bonds is 23. The lowest BCUT2D eigenvalue weighted by Crippen LogP contribution is -2.45. The van der Waals surface area contributed by atoms with Crippen LogP contribution in [0.15, 0.2) is 97.8 Å². The number of piperazine rings is 1. The molecule has 22 nitrogen and oxygen atoms in total. The maximum atomic E-state index is 12.0. The maximum Gasteiger partial charge on any atom is 0.234 e. The monoisotopic (exact) mass is 1010 g/mol. The first kappa shape index (κ1) is 51.4. The van der Waals surface area contributed by atoms with Crippen molar-refractivity contribution < 1.29 is 9.53 Å². The van der Waals surface area contributed by atoms with Crippen molar-refractivity contribution in [1.82, 2.24) is 79.2 Å². The Hall–Kier alpha value is -7.53. The maximum absolute atomic E-state index is 12.0. The number of carbonyl (C=O) groups is 1. The number of aromatic nitrogens is 12. The molecule has 6 N–H and O–H groups in total. The van der Waals surface area contributed by atoms with Crippen LogP contribution >= 0.6 is 0 Å². The Bertz CT molecular complexity index is 2990. The molecule has 0 bridgehead atoms. The first-order chi connectivity index (χ1) is 36.3. The van der Waals surface area contributed by atoms with Crippen molar-refractivity contribution >= 4 is 41.0 Å². The summed E-state index contributed by atoms with van der Waals surface area (Å²) in [7, 11) is 0. The molecule has 8 aromatic rings. The number of anilines is 4. The lowest BCUT2D eigenvalue weighted by Gasteiger charge is -2.27. The highest BCUT2D eigenvalue weighted by molar-refractivity contribution is 5.78. The van der Waals surface area contributed by atoms with Crippen LogP contribution in [0.5, 0.6) is 0 Å².